The quantitative estimate of drug-likeness (QED) is 0.0695. The monoisotopic (exact) mass is 872 g/mol. The number of unbranched alkanes of at least 4 members (excludes halogenated alkanes) is 2. The lowest BCUT2D eigenvalue weighted by Crippen LogP contribution is -2.35. The highest BCUT2D eigenvalue weighted by atomic mass is 16.5. The number of ether oxygens (including phenoxy) is 4. The zero-order valence-electron chi connectivity index (χ0n) is 39.2. The van der Waals surface area contributed by atoms with Crippen molar-refractivity contribution in [2.75, 3.05) is 14.2 Å². The zero-order valence-corrected chi connectivity index (χ0v) is 39.2. The molecule has 7 aromatic carbocycles. The van der Waals surface area contributed by atoms with Crippen molar-refractivity contribution >= 4 is 22.8 Å². The molecule has 1 fully saturated rings. The maximum atomic E-state index is 13.4. The van der Waals surface area contributed by atoms with E-state index in [0.717, 1.165) is 67.3 Å². The lowest BCUT2D eigenvalue weighted by atomic mass is 9.76. The molecule has 7 aromatic rings. The molecule has 0 aromatic heterocycles. The first kappa shape index (κ1) is 43.3. The number of methoxy groups -OCH3 is 2. The van der Waals surface area contributed by atoms with Gasteiger partial charge in [0.25, 0.3) is 0 Å². The van der Waals surface area contributed by atoms with Gasteiger partial charge in [0.05, 0.1) is 19.8 Å². The van der Waals surface area contributed by atoms with E-state index in [0.29, 0.717) is 17.2 Å². The fourth-order valence-corrected chi connectivity index (χ4v) is 11.2. The van der Waals surface area contributed by atoms with Crippen molar-refractivity contribution in [2.24, 2.45) is 5.92 Å². The molecule has 1 saturated carbocycles. The van der Waals surface area contributed by atoms with Crippen LogP contribution in [-0.4, -0.2) is 20.2 Å². The molecule has 1 aliphatic heterocycles. The van der Waals surface area contributed by atoms with E-state index in [1.54, 1.807) is 14.2 Å². The van der Waals surface area contributed by atoms with Gasteiger partial charge in [-0.3, -0.25) is 0 Å². The molecule has 2 aliphatic carbocycles. The van der Waals surface area contributed by atoms with Gasteiger partial charge in [-0.05, 0) is 156 Å². The third-order valence-electron chi connectivity index (χ3n) is 14.9. The van der Waals surface area contributed by atoms with E-state index in [2.05, 4.69) is 113 Å². The van der Waals surface area contributed by atoms with Gasteiger partial charge >= 0.3 is 5.97 Å². The van der Waals surface area contributed by atoms with Crippen LogP contribution in [0.4, 0.5) is 0 Å². The van der Waals surface area contributed by atoms with Gasteiger partial charge in [-0.1, -0.05) is 131 Å². The van der Waals surface area contributed by atoms with Crippen molar-refractivity contribution in [3.63, 3.8) is 0 Å². The number of carbonyl (C=O) groups excluding carboxylic acids is 1. The molecule has 3 aliphatic rings. The average molecular weight is 873 g/mol. The molecule has 0 bridgehead atoms. The van der Waals surface area contributed by atoms with Gasteiger partial charge in [0.15, 0.2) is 5.60 Å². The highest BCUT2D eigenvalue weighted by molar-refractivity contribution is 6.09. The van der Waals surface area contributed by atoms with Gasteiger partial charge in [0.2, 0.25) is 0 Å². The summed E-state index contributed by atoms with van der Waals surface area (Å²) in [6, 6.07) is 46.0. The summed E-state index contributed by atoms with van der Waals surface area (Å²) in [6.45, 7) is 9.08. The Morgan fingerprint density at radius 3 is 1.95 bits per heavy atom. The van der Waals surface area contributed by atoms with Crippen LogP contribution in [-0.2, 0) is 11.0 Å². The Morgan fingerprint density at radius 2 is 1.32 bits per heavy atom. The molecule has 66 heavy (non-hydrogen) atoms. The molecular weight excluding hydrogens is 813 g/mol. The molecule has 0 unspecified atom stereocenters. The summed E-state index contributed by atoms with van der Waals surface area (Å²) in [5.41, 5.74) is 12.0. The summed E-state index contributed by atoms with van der Waals surface area (Å²) in [5.74, 6) is 4.16. The third-order valence-corrected chi connectivity index (χ3v) is 14.9. The SMILES string of the molecule is CCCCC[C@H]1CC[C@H](c2ccc(OC(=O)c3ccc(-c4ccc5c(c4)-c4c(c6c(c7cc(C)ccc47)OC(c4ccc(OC)cc4)(c4ccc(OC)cc4)C=C6)C5(C)C)cc3)cc2)CC1. The van der Waals surface area contributed by atoms with Gasteiger partial charge in [0.1, 0.15) is 23.0 Å². The molecule has 0 atom stereocenters. The predicted octanol–water partition coefficient (Wildman–Crippen LogP) is 15.6. The lowest BCUT2D eigenvalue weighted by Gasteiger charge is -2.38. The molecule has 0 N–H and O–H groups in total. The Bertz CT molecular complexity index is 2880. The predicted molar refractivity (Wildman–Crippen MR) is 268 cm³/mol. The van der Waals surface area contributed by atoms with Crippen LogP contribution in [0.5, 0.6) is 23.0 Å². The summed E-state index contributed by atoms with van der Waals surface area (Å²) in [6.07, 6.45) is 15.0. The first-order valence-electron chi connectivity index (χ1n) is 24.0. The Morgan fingerprint density at radius 1 is 0.682 bits per heavy atom. The number of hydrogen-bond donors (Lipinski definition) is 0. The lowest BCUT2D eigenvalue weighted by molar-refractivity contribution is 0.0734. The van der Waals surface area contributed by atoms with Crippen molar-refractivity contribution in [2.45, 2.75) is 96.0 Å². The molecule has 10 rings (SSSR count). The standard InChI is InChI=1S/C61H60O5/c1-7-8-9-10-40-12-14-41(15-13-40)42-20-27-50(28-21-42)65-59(62)44-18-16-43(17-19-44)45-22-34-55-54(38-45)56-51-33-11-39(2)37-53(51)58-52(57(56)60(55,3)4)35-36-61(66-58,46-23-29-48(63-5)30-24-46)47-25-31-49(64-6)32-26-47/h11,16-38,40-41H,7-10,12-15H2,1-6H3/t40-,41-. The second-order valence-electron chi connectivity index (χ2n) is 19.3. The topological polar surface area (TPSA) is 54.0 Å². The molecule has 1 heterocycles. The minimum absolute atomic E-state index is 0.320. The first-order valence-corrected chi connectivity index (χ1v) is 24.0. The van der Waals surface area contributed by atoms with Crippen LogP contribution in [0, 0.1) is 12.8 Å². The Balaban J connectivity index is 0.942. The molecule has 0 radical (unpaired) electrons. The van der Waals surface area contributed by atoms with E-state index in [4.69, 9.17) is 18.9 Å². The molecule has 0 spiro atoms. The maximum Gasteiger partial charge on any atom is 0.343 e. The van der Waals surface area contributed by atoms with Gasteiger partial charge in [-0.25, -0.2) is 4.79 Å². The molecule has 5 heteroatoms. The van der Waals surface area contributed by atoms with Crippen LogP contribution in [0.1, 0.15) is 127 Å². The van der Waals surface area contributed by atoms with Crippen LogP contribution in [0.15, 0.2) is 140 Å². The molecule has 0 saturated heterocycles. The number of rotatable bonds is 12. The van der Waals surface area contributed by atoms with E-state index < -0.39 is 5.60 Å². The highest BCUT2D eigenvalue weighted by Crippen LogP contribution is 2.59. The Kier molecular flexibility index (Phi) is 11.6. The van der Waals surface area contributed by atoms with Crippen LogP contribution < -0.4 is 18.9 Å². The molecule has 0 amide bonds. The number of esters is 1. The number of hydrogen-bond acceptors (Lipinski definition) is 5. The summed E-state index contributed by atoms with van der Waals surface area (Å²) in [7, 11) is 3.38. The fraction of sp³-hybridized carbons (Fsp3) is 0.295. The summed E-state index contributed by atoms with van der Waals surface area (Å²) in [5, 5.41) is 2.23. The second kappa shape index (κ2) is 17.7. The largest absolute Gasteiger partial charge is 0.497 e. The van der Waals surface area contributed by atoms with E-state index in [-0.39, 0.29) is 11.4 Å². The van der Waals surface area contributed by atoms with E-state index in [9.17, 15) is 4.79 Å². The van der Waals surface area contributed by atoms with E-state index in [1.165, 1.54) is 79.2 Å². The Hall–Kier alpha value is -6.59. The van der Waals surface area contributed by atoms with E-state index in [1.807, 2.05) is 60.7 Å². The first-order chi connectivity index (χ1) is 32.1. The minimum Gasteiger partial charge on any atom is -0.497 e. The summed E-state index contributed by atoms with van der Waals surface area (Å²) in [4.78, 5) is 13.4. The number of carbonyl (C=O) groups is 1. The maximum absolute atomic E-state index is 13.4. The second-order valence-corrected chi connectivity index (χ2v) is 19.3. The summed E-state index contributed by atoms with van der Waals surface area (Å²) < 4.78 is 24.5. The van der Waals surface area contributed by atoms with E-state index >= 15 is 0 Å². The highest BCUT2D eigenvalue weighted by Gasteiger charge is 2.44. The van der Waals surface area contributed by atoms with Crippen LogP contribution >= 0.6 is 0 Å². The Labute approximate surface area is 390 Å². The van der Waals surface area contributed by atoms with Crippen LogP contribution in [0.3, 0.4) is 0 Å². The van der Waals surface area contributed by atoms with Gasteiger partial charge in [0, 0.05) is 27.5 Å². The smallest absolute Gasteiger partial charge is 0.343 e. The van der Waals surface area contributed by atoms with Crippen molar-refractivity contribution in [1.82, 2.24) is 0 Å². The van der Waals surface area contributed by atoms with Gasteiger partial charge in [-0.15, -0.1) is 0 Å². The van der Waals surface area contributed by atoms with Crippen LogP contribution in [0.25, 0.3) is 39.1 Å². The summed E-state index contributed by atoms with van der Waals surface area (Å²) >= 11 is 0. The number of aryl methyl sites for hydroxylation is 1. The average Bonchev–Trinajstić information content (AvgIpc) is 3.60. The number of benzene rings is 7. The molecule has 334 valence electrons. The van der Waals surface area contributed by atoms with Crippen molar-refractivity contribution in [3.05, 3.63) is 184 Å². The number of fused-ring (bicyclic) bond motifs is 8. The van der Waals surface area contributed by atoms with Crippen LogP contribution in [0.2, 0.25) is 0 Å². The van der Waals surface area contributed by atoms with Crippen molar-refractivity contribution in [1.29, 1.82) is 0 Å². The minimum atomic E-state index is -0.908. The van der Waals surface area contributed by atoms with Crippen molar-refractivity contribution < 1.29 is 23.7 Å². The van der Waals surface area contributed by atoms with Gasteiger partial charge < -0.3 is 18.9 Å². The normalized spacial score (nSPS) is 17.6. The fourth-order valence-electron chi connectivity index (χ4n) is 11.2. The van der Waals surface area contributed by atoms with Gasteiger partial charge in [-0.2, -0.15) is 0 Å². The molecular formula is C61H60O5. The molecule has 5 nitrogen and oxygen atoms in total. The van der Waals surface area contributed by atoms with Crippen molar-refractivity contribution in [3.8, 4) is 45.3 Å². The zero-order chi connectivity index (χ0) is 45.6. The third kappa shape index (κ3) is 7.76.